The van der Waals surface area contributed by atoms with Crippen molar-refractivity contribution in [1.29, 1.82) is 0 Å². The average Bonchev–Trinajstić information content (AvgIpc) is 3.92. The highest BCUT2D eigenvalue weighted by Gasteiger charge is 2.51. The summed E-state index contributed by atoms with van der Waals surface area (Å²) in [6, 6.07) is 21.1. The second-order valence-corrected chi connectivity index (χ2v) is 11.6. The maximum atomic E-state index is 13.5. The van der Waals surface area contributed by atoms with Crippen molar-refractivity contribution in [3.8, 4) is 28.5 Å². The van der Waals surface area contributed by atoms with Crippen molar-refractivity contribution in [2.24, 2.45) is 5.73 Å². The van der Waals surface area contributed by atoms with E-state index in [-0.39, 0.29) is 18.8 Å². The summed E-state index contributed by atoms with van der Waals surface area (Å²) in [5, 5.41) is 14.4. The molecule has 17 nitrogen and oxygen atoms in total. The number of hydrogen-bond acceptors (Lipinski definition) is 14. The van der Waals surface area contributed by atoms with Crippen molar-refractivity contribution >= 4 is 29.3 Å². The Hall–Kier alpha value is -6.07. The molecule has 4 heterocycles. The molecule has 2 aromatic heterocycles. The molecule has 3 N–H and O–H groups in total. The third-order valence-corrected chi connectivity index (χ3v) is 8.36. The van der Waals surface area contributed by atoms with Gasteiger partial charge in [0.1, 0.15) is 12.2 Å². The van der Waals surface area contributed by atoms with E-state index in [2.05, 4.69) is 25.6 Å². The second kappa shape index (κ2) is 14.4. The number of fused-ring (bicyclic) bond motifs is 2. The molecule has 0 saturated carbocycles. The molecule has 264 valence electrons. The van der Waals surface area contributed by atoms with Crippen molar-refractivity contribution in [2.75, 3.05) is 19.8 Å². The lowest BCUT2D eigenvalue weighted by Crippen LogP contribution is -2.37. The lowest BCUT2D eigenvalue weighted by Gasteiger charge is -2.19. The van der Waals surface area contributed by atoms with Crippen LogP contribution in [0, 0.1) is 0 Å². The Morgan fingerprint density at radius 3 is 2.35 bits per heavy atom. The van der Waals surface area contributed by atoms with E-state index in [9.17, 15) is 14.4 Å². The number of aromatic nitrogens is 6. The summed E-state index contributed by atoms with van der Waals surface area (Å²) in [5.74, 6) is -0.266. The number of ether oxygens (including phenoxy) is 7. The number of hydrogen-bond donors (Lipinski definition) is 2. The van der Waals surface area contributed by atoms with E-state index in [1.54, 1.807) is 22.8 Å². The molecule has 7 rings (SSSR count). The monoisotopic (exact) mass is 699 g/mol. The van der Waals surface area contributed by atoms with Crippen LogP contribution in [0.1, 0.15) is 29.8 Å². The first-order valence-corrected chi connectivity index (χ1v) is 16.1. The molecule has 51 heavy (non-hydrogen) atoms. The van der Waals surface area contributed by atoms with Gasteiger partial charge in [0.05, 0.1) is 43.0 Å². The lowest BCUT2D eigenvalue weighted by molar-refractivity contribution is -0.0987. The molecule has 17 heteroatoms. The molecule has 5 aromatic rings. The van der Waals surface area contributed by atoms with E-state index in [0.717, 1.165) is 22.3 Å². The van der Waals surface area contributed by atoms with Crippen LogP contribution in [0.4, 0.5) is 9.59 Å². The molecule has 2 aliphatic rings. The number of H-pyrrole nitrogens is 1. The number of tetrazole rings is 1. The van der Waals surface area contributed by atoms with Gasteiger partial charge < -0.3 is 38.9 Å². The van der Waals surface area contributed by atoms with Crippen LogP contribution in [-0.2, 0) is 35.0 Å². The zero-order chi connectivity index (χ0) is 35.5. The quantitative estimate of drug-likeness (QED) is 0.114. The number of aromatic amines is 1. The van der Waals surface area contributed by atoms with Crippen LogP contribution in [-0.4, -0.2) is 98.9 Å². The number of rotatable bonds is 11. The standard InChI is InChI=1S/C34H33N7O10/c1-3-45-33-36-24-10-6-9-23(31(42)48-18(2)49-34(44)51-26-17-47-28-25(50-32(35)43)16-46-29(26)28)27(24)41(33)15-19-11-13-20(14-12-19)21-7-4-5-8-22(21)30-37-39-40-38-30/h4-14,18,25-26,28-29H,3,15-17H2,1-2H3,(H2,35,43)(H,37,38,39,40)/t18?,25-,26-,28+,29?/m0/s1. The Morgan fingerprint density at radius 1 is 0.941 bits per heavy atom. The Kier molecular flexibility index (Phi) is 9.45. The first kappa shape index (κ1) is 33.4. The Morgan fingerprint density at radius 2 is 1.67 bits per heavy atom. The van der Waals surface area contributed by atoms with Gasteiger partial charge in [-0.15, -0.1) is 10.2 Å². The molecule has 5 atom stereocenters. The number of benzene rings is 3. The van der Waals surface area contributed by atoms with Crippen molar-refractivity contribution in [1.82, 2.24) is 30.2 Å². The normalized spacial score (nSPS) is 20.0. The van der Waals surface area contributed by atoms with Crippen molar-refractivity contribution < 1.29 is 47.5 Å². The van der Waals surface area contributed by atoms with Crippen LogP contribution in [0.3, 0.4) is 0 Å². The molecule has 0 radical (unpaired) electrons. The molecule has 0 aliphatic carbocycles. The van der Waals surface area contributed by atoms with Crippen LogP contribution in [0.25, 0.3) is 33.5 Å². The summed E-state index contributed by atoms with van der Waals surface area (Å²) in [6.45, 7) is 3.92. The minimum Gasteiger partial charge on any atom is -0.465 e. The number of nitrogens with zero attached hydrogens (tertiary/aromatic N) is 5. The predicted molar refractivity (Wildman–Crippen MR) is 175 cm³/mol. The second-order valence-electron chi connectivity index (χ2n) is 11.6. The number of nitrogens with two attached hydrogens (primary N) is 1. The van der Waals surface area contributed by atoms with Gasteiger partial charge in [0, 0.05) is 12.5 Å². The van der Waals surface area contributed by atoms with E-state index < -0.39 is 48.9 Å². The fourth-order valence-electron chi connectivity index (χ4n) is 6.20. The average molecular weight is 700 g/mol. The number of nitrogens with one attached hydrogen (secondary N) is 1. The molecule has 1 amide bonds. The summed E-state index contributed by atoms with van der Waals surface area (Å²) in [4.78, 5) is 41.9. The van der Waals surface area contributed by atoms with Gasteiger partial charge in [-0.1, -0.05) is 54.6 Å². The van der Waals surface area contributed by atoms with E-state index in [4.69, 9.17) is 38.9 Å². The SMILES string of the molecule is CCOc1nc2cccc(C(=O)OC(C)OC(=O)O[C@H]3CO[C@H]4C3OC[C@@H]4OC(N)=O)c2n1Cc1ccc(-c2ccccc2-c2nn[nH]n2)cc1. The first-order chi connectivity index (χ1) is 24.8. The number of imidazole rings is 1. The van der Waals surface area contributed by atoms with Gasteiger partial charge in [0.2, 0.25) is 12.1 Å². The van der Waals surface area contributed by atoms with Gasteiger partial charge >= 0.3 is 18.2 Å². The molecule has 2 fully saturated rings. The summed E-state index contributed by atoms with van der Waals surface area (Å²) in [6.07, 6.45) is -6.26. The summed E-state index contributed by atoms with van der Waals surface area (Å²) in [7, 11) is 0. The zero-order valence-corrected chi connectivity index (χ0v) is 27.5. The number of carbonyl (C=O) groups excluding carboxylic acids is 3. The Balaban J connectivity index is 1.05. The molecule has 0 spiro atoms. The molecule has 2 unspecified atom stereocenters. The fraction of sp³-hybridized carbons (Fsp3) is 0.324. The van der Waals surface area contributed by atoms with Gasteiger partial charge in [-0.3, -0.25) is 4.57 Å². The zero-order valence-electron chi connectivity index (χ0n) is 27.5. The summed E-state index contributed by atoms with van der Waals surface area (Å²) < 4.78 is 39.9. The summed E-state index contributed by atoms with van der Waals surface area (Å²) in [5.41, 5.74) is 9.92. The minimum atomic E-state index is -1.32. The van der Waals surface area contributed by atoms with Gasteiger partial charge in [-0.05, 0) is 41.0 Å². The van der Waals surface area contributed by atoms with Crippen molar-refractivity contribution in [2.45, 2.75) is 51.1 Å². The molecule has 2 saturated heterocycles. The van der Waals surface area contributed by atoms with Crippen LogP contribution >= 0.6 is 0 Å². The maximum absolute atomic E-state index is 13.5. The number of carbonyl (C=O) groups is 3. The van der Waals surface area contributed by atoms with E-state index in [1.165, 1.54) is 6.92 Å². The maximum Gasteiger partial charge on any atom is 0.511 e. The van der Waals surface area contributed by atoms with E-state index >= 15 is 0 Å². The van der Waals surface area contributed by atoms with E-state index in [0.29, 0.717) is 36.0 Å². The van der Waals surface area contributed by atoms with E-state index in [1.807, 2.05) is 55.5 Å². The molecule has 0 bridgehead atoms. The van der Waals surface area contributed by atoms with Crippen molar-refractivity contribution in [3.05, 3.63) is 77.9 Å². The van der Waals surface area contributed by atoms with Crippen LogP contribution in [0.5, 0.6) is 6.01 Å². The number of para-hydroxylation sites is 1. The van der Waals surface area contributed by atoms with Gasteiger partial charge in [0.25, 0.3) is 6.01 Å². The molecule has 2 aliphatic heterocycles. The lowest BCUT2D eigenvalue weighted by atomic mass is 9.98. The van der Waals surface area contributed by atoms with Crippen molar-refractivity contribution in [3.63, 3.8) is 0 Å². The highest BCUT2D eigenvalue weighted by atomic mass is 16.8. The summed E-state index contributed by atoms with van der Waals surface area (Å²) >= 11 is 0. The Bertz CT molecular complexity index is 2030. The minimum absolute atomic E-state index is 0.0122. The highest BCUT2D eigenvalue weighted by molar-refractivity contribution is 6.02. The number of primary amides is 1. The largest absolute Gasteiger partial charge is 0.511 e. The van der Waals surface area contributed by atoms with Gasteiger partial charge in [0.15, 0.2) is 12.2 Å². The third-order valence-electron chi connectivity index (χ3n) is 8.36. The van der Waals surface area contributed by atoms with Gasteiger partial charge in [-0.25, -0.2) is 14.4 Å². The van der Waals surface area contributed by atoms with Gasteiger partial charge in [-0.2, -0.15) is 10.2 Å². The molecular weight excluding hydrogens is 666 g/mol. The fourth-order valence-corrected chi connectivity index (χ4v) is 6.20. The highest BCUT2D eigenvalue weighted by Crippen LogP contribution is 2.33. The van der Waals surface area contributed by atoms with Crippen LogP contribution in [0.2, 0.25) is 0 Å². The van der Waals surface area contributed by atoms with Crippen LogP contribution < -0.4 is 10.5 Å². The molecular formula is C34H33N7O10. The molecule has 3 aromatic carbocycles. The third kappa shape index (κ3) is 7.01. The first-order valence-electron chi connectivity index (χ1n) is 16.1. The smallest absolute Gasteiger partial charge is 0.465 e. The number of esters is 1. The predicted octanol–water partition coefficient (Wildman–Crippen LogP) is 3.62. The number of amides is 1. The topological polar surface area (TPSA) is 214 Å². The van der Waals surface area contributed by atoms with Crippen LogP contribution in [0.15, 0.2) is 66.7 Å². The Labute approximate surface area is 289 Å².